The lowest BCUT2D eigenvalue weighted by Crippen LogP contribution is -2.53. The fourth-order valence-electron chi connectivity index (χ4n) is 5.90. The number of hydrogen-bond donors (Lipinski definition) is 2. The SMILES string of the molecule is CCCC(O)(C(C)Oc1ccc(C(CC)(CC)c2ccc(C(=O)N(C)C(C)C(=O)O)c(C)c2)cc1C)C(C)(C)C. The third-order valence-electron chi connectivity index (χ3n) is 9.11. The molecule has 2 rings (SSSR count). The molecule has 3 atom stereocenters. The van der Waals surface area contributed by atoms with Crippen LogP contribution < -0.4 is 4.74 Å². The maximum absolute atomic E-state index is 13.1. The highest BCUT2D eigenvalue weighted by Gasteiger charge is 2.45. The number of ether oxygens (including phenoxy) is 1. The average Bonchev–Trinajstić information content (AvgIpc) is 2.89. The molecule has 6 heteroatoms. The summed E-state index contributed by atoms with van der Waals surface area (Å²) in [6, 6.07) is 11.3. The van der Waals surface area contributed by atoms with E-state index in [-0.39, 0.29) is 22.8 Å². The predicted octanol–water partition coefficient (Wildman–Crippen LogP) is 7.30. The molecule has 0 aromatic heterocycles. The Kier molecular flexibility index (Phi) is 10.6. The summed E-state index contributed by atoms with van der Waals surface area (Å²) in [6.07, 6.45) is 2.87. The van der Waals surface area contributed by atoms with Gasteiger partial charge in [0.2, 0.25) is 0 Å². The number of carboxylic acid groups (broad SMARTS) is 1. The molecule has 2 aromatic carbocycles. The number of aryl methyl sites for hydroxylation is 2. The van der Waals surface area contributed by atoms with E-state index in [2.05, 4.69) is 59.7 Å². The van der Waals surface area contributed by atoms with Gasteiger partial charge in [-0.25, -0.2) is 4.79 Å². The Morgan fingerprint density at radius 1 is 0.925 bits per heavy atom. The van der Waals surface area contributed by atoms with Gasteiger partial charge in [-0.3, -0.25) is 4.79 Å². The van der Waals surface area contributed by atoms with Crippen molar-refractivity contribution in [2.45, 2.75) is 118 Å². The molecule has 0 saturated carbocycles. The number of carbonyl (C=O) groups excluding carboxylic acids is 1. The van der Waals surface area contributed by atoms with Crippen molar-refractivity contribution in [1.82, 2.24) is 4.90 Å². The Morgan fingerprint density at radius 2 is 1.45 bits per heavy atom. The summed E-state index contributed by atoms with van der Waals surface area (Å²) >= 11 is 0. The summed E-state index contributed by atoms with van der Waals surface area (Å²) in [4.78, 5) is 25.7. The van der Waals surface area contributed by atoms with Gasteiger partial charge >= 0.3 is 5.97 Å². The highest BCUT2D eigenvalue weighted by atomic mass is 16.5. The number of aliphatic carboxylic acids is 1. The zero-order chi connectivity index (χ0) is 30.6. The Balaban J connectivity index is 2.46. The van der Waals surface area contributed by atoms with Gasteiger partial charge in [0.1, 0.15) is 23.5 Å². The van der Waals surface area contributed by atoms with Gasteiger partial charge in [0.05, 0.1) is 0 Å². The summed E-state index contributed by atoms with van der Waals surface area (Å²) in [5.74, 6) is -0.571. The summed E-state index contributed by atoms with van der Waals surface area (Å²) < 4.78 is 6.42. The molecular weight excluding hydrogens is 502 g/mol. The molecule has 222 valence electrons. The first-order valence-electron chi connectivity index (χ1n) is 14.6. The maximum Gasteiger partial charge on any atom is 0.326 e. The van der Waals surface area contributed by atoms with E-state index < -0.39 is 17.6 Å². The van der Waals surface area contributed by atoms with Crippen molar-refractivity contribution in [2.75, 3.05) is 7.05 Å². The number of amides is 1. The Morgan fingerprint density at radius 3 is 1.88 bits per heavy atom. The van der Waals surface area contributed by atoms with Gasteiger partial charge in [0, 0.05) is 18.0 Å². The van der Waals surface area contributed by atoms with E-state index in [9.17, 15) is 19.8 Å². The number of rotatable bonds is 12. The van der Waals surface area contributed by atoms with E-state index in [1.54, 1.807) is 0 Å². The van der Waals surface area contributed by atoms with Gasteiger partial charge in [-0.1, -0.05) is 72.2 Å². The summed E-state index contributed by atoms with van der Waals surface area (Å²) in [5.41, 5.74) is 3.07. The number of hydrogen-bond acceptors (Lipinski definition) is 4. The van der Waals surface area contributed by atoms with Crippen LogP contribution >= 0.6 is 0 Å². The van der Waals surface area contributed by atoms with Crippen LogP contribution in [-0.4, -0.2) is 51.8 Å². The topological polar surface area (TPSA) is 87.1 Å². The Labute approximate surface area is 241 Å². The molecule has 2 aromatic rings. The van der Waals surface area contributed by atoms with Crippen molar-refractivity contribution >= 4 is 11.9 Å². The summed E-state index contributed by atoms with van der Waals surface area (Å²) in [7, 11) is 1.52. The van der Waals surface area contributed by atoms with Crippen LogP contribution in [0.25, 0.3) is 0 Å². The van der Waals surface area contributed by atoms with Crippen LogP contribution in [-0.2, 0) is 10.2 Å². The molecule has 0 spiro atoms. The second kappa shape index (κ2) is 12.8. The van der Waals surface area contributed by atoms with Crippen molar-refractivity contribution < 1.29 is 24.5 Å². The van der Waals surface area contributed by atoms with Crippen LogP contribution in [0.4, 0.5) is 0 Å². The minimum absolute atomic E-state index is 0.268. The molecule has 40 heavy (non-hydrogen) atoms. The van der Waals surface area contributed by atoms with E-state index in [4.69, 9.17) is 4.74 Å². The molecule has 0 saturated heterocycles. The smallest absolute Gasteiger partial charge is 0.326 e. The van der Waals surface area contributed by atoms with Crippen LogP contribution in [0, 0.1) is 19.3 Å². The van der Waals surface area contributed by atoms with Crippen molar-refractivity contribution in [1.29, 1.82) is 0 Å². The van der Waals surface area contributed by atoms with E-state index in [1.807, 2.05) is 39.0 Å². The van der Waals surface area contributed by atoms with Crippen LogP contribution in [0.5, 0.6) is 5.75 Å². The monoisotopic (exact) mass is 553 g/mol. The largest absolute Gasteiger partial charge is 0.487 e. The first-order chi connectivity index (χ1) is 18.5. The lowest BCUT2D eigenvalue weighted by molar-refractivity contribution is -0.141. The third-order valence-corrected chi connectivity index (χ3v) is 9.11. The normalized spacial score (nSPS) is 15.2. The number of carboxylic acids is 1. The zero-order valence-electron chi connectivity index (χ0n) is 26.5. The van der Waals surface area contributed by atoms with Gasteiger partial charge in [-0.05, 0) is 86.8 Å². The second-order valence-corrected chi connectivity index (χ2v) is 12.4. The fraction of sp³-hybridized carbons (Fsp3) is 0.588. The maximum atomic E-state index is 13.1. The molecule has 1 amide bonds. The van der Waals surface area contributed by atoms with Crippen molar-refractivity contribution in [3.8, 4) is 5.75 Å². The van der Waals surface area contributed by atoms with Gasteiger partial charge in [0.15, 0.2) is 0 Å². The number of aliphatic hydroxyl groups is 1. The third kappa shape index (κ3) is 6.38. The van der Waals surface area contributed by atoms with E-state index in [1.165, 1.54) is 24.4 Å². The molecule has 3 unspecified atom stereocenters. The van der Waals surface area contributed by atoms with Crippen molar-refractivity contribution in [2.24, 2.45) is 5.41 Å². The van der Waals surface area contributed by atoms with Crippen LogP contribution in [0.2, 0.25) is 0 Å². The van der Waals surface area contributed by atoms with E-state index in [0.717, 1.165) is 41.7 Å². The minimum Gasteiger partial charge on any atom is -0.487 e. The van der Waals surface area contributed by atoms with Gasteiger partial charge < -0.3 is 19.8 Å². The molecule has 6 nitrogen and oxygen atoms in total. The standard InChI is InChI=1S/C34H51NO5/c1-12-19-34(39,32(8,9)10)25(7)40-29-18-16-27(21-23(29)5)33(13-2,14-3)26-15-17-28(22(4)20-26)30(36)35(11)24(6)31(37)38/h15-18,20-21,24-25,39H,12-14,19H2,1-11H3,(H,37,38). The second-order valence-electron chi connectivity index (χ2n) is 12.4. The van der Waals surface area contributed by atoms with Crippen LogP contribution in [0.15, 0.2) is 36.4 Å². The molecule has 0 bridgehead atoms. The lowest BCUT2D eigenvalue weighted by atomic mass is 9.69. The number of nitrogens with zero attached hydrogens (tertiary/aromatic N) is 1. The van der Waals surface area contributed by atoms with Crippen LogP contribution in [0.3, 0.4) is 0 Å². The Bertz CT molecular complexity index is 1190. The summed E-state index contributed by atoms with van der Waals surface area (Å²) in [5, 5.41) is 20.9. The molecular formula is C34H51NO5. The average molecular weight is 554 g/mol. The minimum atomic E-state index is -1.04. The fourth-order valence-corrected chi connectivity index (χ4v) is 5.90. The number of benzene rings is 2. The molecule has 2 N–H and O–H groups in total. The molecule has 0 aliphatic heterocycles. The Hall–Kier alpha value is -2.86. The lowest BCUT2D eigenvalue weighted by Gasteiger charge is -2.44. The van der Waals surface area contributed by atoms with Gasteiger partial charge in [0.25, 0.3) is 5.91 Å². The van der Waals surface area contributed by atoms with E-state index >= 15 is 0 Å². The molecule has 0 aliphatic rings. The highest BCUT2D eigenvalue weighted by Crippen LogP contribution is 2.42. The quantitative estimate of drug-likeness (QED) is 0.288. The van der Waals surface area contributed by atoms with Crippen molar-refractivity contribution in [3.63, 3.8) is 0 Å². The van der Waals surface area contributed by atoms with Crippen LogP contribution in [0.1, 0.15) is 114 Å². The summed E-state index contributed by atoms with van der Waals surface area (Å²) in [6.45, 7) is 20.0. The molecule has 0 heterocycles. The molecule has 0 aliphatic carbocycles. The number of likely N-dealkylation sites (N-methyl/N-ethyl adjacent to an activating group) is 1. The predicted molar refractivity (Wildman–Crippen MR) is 162 cm³/mol. The van der Waals surface area contributed by atoms with Crippen molar-refractivity contribution in [3.05, 3.63) is 64.2 Å². The first-order valence-corrected chi connectivity index (χ1v) is 14.6. The molecule has 0 fully saturated rings. The first kappa shape index (κ1) is 33.3. The van der Waals surface area contributed by atoms with Gasteiger partial charge in [-0.15, -0.1) is 0 Å². The number of carbonyl (C=O) groups is 2. The zero-order valence-corrected chi connectivity index (χ0v) is 26.5. The van der Waals surface area contributed by atoms with Gasteiger partial charge in [-0.2, -0.15) is 0 Å². The molecule has 0 radical (unpaired) electrons. The van der Waals surface area contributed by atoms with E-state index in [0.29, 0.717) is 12.0 Å². The highest BCUT2D eigenvalue weighted by molar-refractivity contribution is 5.97.